The minimum atomic E-state index is 0.862. The highest BCUT2D eigenvalue weighted by atomic mass is 79.9. The molecule has 2 rings (SSSR count). The molecule has 0 aliphatic carbocycles. The Labute approximate surface area is 93.5 Å². The van der Waals surface area contributed by atoms with Gasteiger partial charge in [-0.2, -0.15) is 0 Å². The lowest BCUT2D eigenvalue weighted by Gasteiger charge is -2.16. The number of hydrogen-bond acceptors (Lipinski definition) is 2. The van der Waals surface area contributed by atoms with Gasteiger partial charge in [0.25, 0.3) is 0 Å². The zero-order valence-corrected chi connectivity index (χ0v) is 10.00. The summed E-state index contributed by atoms with van der Waals surface area (Å²) in [5, 5.41) is 0. The molecule has 0 amide bonds. The molecule has 0 spiro atoms. The van der Waals surface area contributed by atoms with Crippen LogP contribution in [0.25, 0.3) is 0 Å². The van der Waals surface area contributed by atoms with Gasteiger partial charge in [-0.1, -0.05) is 13.3 Å². The average molecular weight is 255 g/mol. The molecule has 1 unspecified atom stereocenters. The molecular weight excluding hydrogens is 240 g/mol. The van der Waals surface area contributed by atoms with E-state index in [4.69, 9.17) is 0 Å². The second-order valence-corrected chi connectivity index (χ2v) is 4.76. The van der Waals surface area contributed by atoms with E-state index in [9.17, 15) is 0 Å². The zero-order chi connectivity index (χ0) is 9.97. The Hall–Kier alpha value is -0.570. The highest BCUT2D eigenvalue weighted by molar-refractivity contribution is 9.10. The van der Waals surface area contributed by atoms with Gasteiger partial charge in [0.2, 0.25) is 0 Å². The third-order valence-corrected chi connectivity index (χ3v) is 3.37. The molecule has 1 fully saturated rings. The molecule has 0 saturated carbocycles. The number of anilines is 1. The summed E-state index contributed by atoms with van der Waals surface area (Å²) < 4.78 is 1.05. The molecule has 3 heteroatoms. The average Bonchev–Trinajstić information content (AvgIpc) is 2.67. The summed E-state index contributed by atoms with van der Waals surface area (Å²) in [7, 11) is 0. The van der Waals surface area contributed by atoms with Crippen LogP contribution in [0.1, 0.15) is 19.8 Å². The fourth-order valence-electron chi connectivity index (χ4n) is 1.93. The van der Waals surface area contributed by atoms with Gasteiger partial charge in [0, 0.05) is 23.8 Å². The lowest BCUT2D eigenvalue weighted by Crippen LogP contribution is -2.20. The highest BCUT2D eigenvalue weighted by Gasteiger charge is 2.21. The topological polar surface area (TPSA) is 16.1 Å². The molecule has 1 atom stereocenters. The molecular formula is C11H15BrN2. The SMILES string of the molecule is CCC1CCN(c2ccc(Br)cn2)C1. The third-order valence-electron chi connectivity index (χ3n) is 2.90. The van der Waals surface area contributed by atoms with E-state index in [0.717, 1.165) is 22.8 Å². The first-order valence-electron chi connectivity index (χ1n) is 5.16. The molecule has 1 saturated heterocycles. The molecule has 0 aromatic carbocycles. The quantitative estimate of drug-likeness (QED) is 0.807. The second-order valence-electron chi connectivity index (χ2n) is 3.84. The van der Waals surface area contributed by atoms with Gasteiger partial charge in [0.05, 0.1) is 0 Å². The van der Waals surface area contributed by atoms with E-state index in [1.165, 1.54) is 19.4 Å². The van der Waals surface area contributed by atoms with Crippen molar-refractivity contribution in [3.63, 3.8) is 0 Å². The molecule has 14 heavy (non-hydrogen) atoms. The van der Waals surface area contributed by atoms with Crippen LogP contribution in [0.2, 0.25) is 0 Å². The molecule has 0 N–H and O–H groups in total. The molecule has 1 aromatic heterocycles. The lowest BCUT2D eigenvalue weighted by molar-refractivity contribution is 0.569. The van der Waals surface area contributed by atoms with Crippen LogP contribution in [0, 0.1) is 5.92 Å². The molecule has 1 aliphatic rings. The second kappa shape index (κ2) is 4.30. The van der Waals surface area contributed by atoms with Gasteiger partial charge < -0.3 is 4.90 Å². The lowest BCUT2D eigenvalue weighted by atomic mass is 10.1. The summed E-state index contributed by atoms with van der Waals surface area (Å²) in [6, 6.07) is 4.14. The molecule has 2 heterocycles. The predicted molar refractivity (Wildman–Crippen MR) is 62.5 cm³/mol. The molecule has 76 valence electrons. The molecule has 0 bridgehead atoms. The van der Waals surface area contributed by atoms with E-state index in [1.807, 2.05) is 6.20 Å². The van der Waals surface area contributed by atoms with Crippen LogP contribution < -0.4 is 4.90 Å². The maximum Gasteiger partial charge on any atom is 0.128 e. The van der Waals surface area contributed by atoms with Crippen LogP contribution >= 0.6 is 15.9 Å². The van der Waals surface area contributed by atoms with E-state index in [1.54, 1.807) is 0 Å². The minimum Gasteiger partial charge on any atom is -0.356 e. The summed E-state index contributed by atoms with van der Waals surface area (Å²) in [5.74, 6) is 1.98. The van der Waals surface area contributed by atoms with Crippen LogP contribution in [-0.2, 0) is 0 Å². The number of aromatic nitrogens is 1. The van der Waals surface area contributed by atoms with Crippen molar-refractivity contribution < 1.29 is 0 Å². The molecule has 0 radical (unpaired) electrons. The first kappa shape index (κ1) is 9.97. The monoisotopic (exact) mass is 254 g/mol. The minimum absolute atomic E-state index is 0.862. The third kappa shape index (κ3) is 2.08. The van der Waals surface area contributed by atoms with Gasteiger partial charge in [-0.3, -0.25) is 0 Å². The van der Waals surface area contributed by atoms with E-state index in [0.29, 0.717) is 0 Å². The number of halogens is 1. The van der Waals surface area contributed by atoms with Crippen molar-refractivity contribution in [1.82, 2.24) is 4.98 Å². The van der Waals surface area contributed by atoms with Gasteiger partial charge in [-0.25, -0.2) is 4.98 Å². The van der Waals surface area contributed by atoms with Crippen molar-refractivity contribution in [2.45, 2.75) is 19.8 Å². The van der Waals surface area contributed by atoms with Gasteiger partial charge in [-0.05, 0) is 40.4 Å². The summed E-state index contributed by atoms with van der Waals surface area (Å²) in [6.45, 7) is 4.60. The fourth-order valence-corrected chi connectivity index (χ4v) is 2.16. The number of nitrogens with zero attached hydrogens (tertiary/aromatic N) is 2. The van der Waals surface area contributed by atoms with Gasteiger partial charge in [0.15, 0.2) is 0 Å². The van der Waals surface area contributed by atoms with Crippen LogP contribution in [0.3, 0.4) is 0 Å². The maximum absolute atomic E-state index is 4.41. The Morgan fingerprint density at radius 3 is 3.00 bits per heavy atom. The Kier molecular flexibility index (Phi) is 3.06. The van der Waals surface area contributed by atoms with E-state index in [2.05, 4.69) is 44.9 Å². The summed E-state index contributed by atoms with van der Waals surface area (Å²) in [5.41, 5.74) is 0. The van der Waals surface area contributed by atoms with Crippen molar-refractivity contribution in [2.75, 3.05) is 18.0 Å². The van der Waals surface area contributed by atoms with Crippen molar-refractivity contribution >= 4 is 21.7 Å². The van der Waals surface area contributed by atoms with Gasteiger partial charge in [0.1, 0.15) is 5.82 Å². The Morgan fingerprint density at radius 2 is 2.43 bits per heavy atom. The van der Waals surface area contributed by atoms with Crippen LogP contribution in [0.4, 0.5) is 5.82 Å². The molecule has 1 aliphatic heterocycles. The number of hydrogen-bond donors (Lipinski definition) is 0. The van der Waals surface area contributed by atoms with Crippen molar-refractivity contribution in [2.24, 2.45) is 5.92 Å². The Morgan fingerprint density at radius 1 is 1.57 bits per heavy atom. The predicted octanol–water partition coefficient (Wildman–Crippen LogP) is 3.08. The smallest absolute Gasteiger partial charge is 0.128 e. The summed E-state index contributed by atoms with van der Waals surface area (Å²) >= 11 is 3.40. The van der Waals surface area contributed by atoms with E-state index >= 15 is 0 Å². The van der Waals surface area contributed by atoms with Crippen LogP contribution in [-0.4, -0.2) is 18.1 Å². The van der Waals surface area contributed by atoms with Crippen molar-refractivity contribution in [3.05, 3.63) is 22.8 Å². The van der Waals surface area contributed by atoms with E-state index < -0.39 is 0 Å². The fraction of sp³-hybridized carbons (Fsp3) is 0.545. The molecule has 2 nitrogen and oxygen atoms in total. The normalized spacial score (nSPS) is 21.6. The largest absolute Gasteiger partial charge is 0.356 e. The Bertz CT molecular complexity index is 297. The molecule has 1 aromatic rings. The summed E-state index contributed by atoms with van der Waals surface area (Å²) in [6.07, 6.45) is 4.47. The van der Waals surface area contributed by atoms with Crippen LogP contribution in [0.15, 0.2) is 22.8 Å². The first-order chi connectivity index (χ1) is 6.79. The van der Waals surface area contributed by atoms with Crippen LogP contribution in [0.5, 0.6) is 0 Å². The van der Waals surface area contributed by atoms with E-state index in [-0.39, 0.29) is 0 Å². The summed E-state index contributed by atoms with van der Waals surface area (Å²) in [4.78, 5) is 6.78. The van der Waals surface area contributed by atoms with Gasteiger partial charge in [-0.15, -0.1) is 0 Å². The number of pyridine rings is 1. The highest BCUT2D eigenvalue weighted by Crippen LogP contribution is 2.24. The zero-order valence-electron chi connectivity index (χ0n) is 8.41. The Balaban J connectivity index is 2.06. The van der Waals surface area contributed by atoms with Crippen molar-refractivity contribution in [1.29, 1.82) is 0 Å². The van der Waals surface area contributed by atoms with Gasteiger partial charge >= 0.3 is 0 Å². The van der Waals surface area contributed by atoms with Crippen molar-refractivity contribution in [3.8, 4) is 0 Å². The standard InChI is InChI=1S/C11H15BrN2/c1-2-9-5-6-14(8-9)11-4-3-10(12)7-13-11/h3-4,7,9H,2,5-6,8H2,1H3. The first-order valence-corrected chi connectivity index (χ1v) is 5.95. The maximum atomic E-state index is 4.41. The number of rotatable bonds is 2.